The number of amides is 1. The topological polar surface area (TPSA) is 78.4 Å². The van der Waals surface area contributed by atoms with Crippen molar-refractivity contribution in [2.75, 3.05) is 13.1 Å². The number of carbonyl (C=O) groups is 2. The van der Waals surface area contributed by atoms with Gasteiger partial charge in [0.25, 0.3) is 0 Å². The van der Waals surface area contributed by atoms with Crippen molar-refractivity contribution in [1.82, 2.24) is 10.6 Å². The molecule has 116 valence electrons. The van der Waals surface area contributed by atoms with E-state index in [1.165, 1.54) is 5.56 Å². The van der Waals surface area contributed by atoms with Crippen molar-refractivity contribution in [3.63, 3.8) is 0 Å². The van der Waals surface area contributed by atoms with Crippen molar-refractivity contribution in [2.45, 2.75) is 38.6 Å². The van der Waals surface area contributed by atoms with Gasteiger partial charge >= 0.3 is 5.97 Å². The van der Waals surface area contributed by atoms with Gasteiger partial charge in [-0.3, -0.25) is 14.9 Å². The smallest absolute Gasteiger partial charge is 0.323 e. The third-order valence-electron chi connectivity index (χ3n) is 3.63. The summed E-state index contributed by atoms with van der Waals surface area (Å²) in [5.41, 5.74) is 0.191. The molecule has 0 aliphatic heterocycles. The lowest BCUT2D eigenvalue weighted by molar-refractivity contribution is -0.144. The van der Waals surface area contributed by atoms with Gasteiger partial charge in [0.2, 0.25) is 5.91 Å². The molecule has 1 aromatic rings. The lowest BCUT2D eigenvalue weighted by Gasteiger charge is -2.24. The molecule has 21 heavy (non-hydrogen) atoms. The molecule has 0 saturated heterocycles. The van der Waals surface area contributed by atoms with Gasteiger partial charge in [-0.2, -0.15) is 0 Å². The second-order valence-corrected chi connectivity index (χ2v) is 5.28. The zero-order valence-electron chi connectivity index (χ0n) is 12.7. The molecule has 0 fully saturated rings. The molecule has 1 aromatic carbocycles. The molecule has 5 nitrogen and oxygen atoms in total. The fraction of sp³-hybridized carbons (Fsp3) is 0.500. The number of hydrogen-bond acceptors (Lipinski definition) is 3. The van der Waals surface area contributed by atoms with Crippen LogP contribution < -0.4 is 10.6 Å². The Morgan fingerprint density at radius 2 is 1.90 bits per heavy atom. The molecule has 0 heterocycles. The number of carboxylic acids is 1. The third-order valence-corrected chi connectivity index (χ3v) is 3.63. The van der Waals surface area contributed by atoms with Crippen molar-refractivity contribution < 1.29 is 14.7 Å². The van der Waals surface area contributed by atoms with E-state index in [9.17, 15) is 9.59 Å². The van der Waals surface area contributed by atoms with Crippen molar-refractivity contribution in [3.8, 4) is 0 Å². The Labute approximate surface area is 125 Å². The lowest BCUT2D eigenvalue weighted by Crippen LogP contribution is -2.52. The first-order chi connectivity index (χ1) is 9.98. The maximum atomic E-state index is 11.7. The van der Waals surface area contributed by atoms with Crippen LogP contribution in [0.5, 0.6) is 0 Å². The van der Waals surface area contributed by atoms with Crippen LogP contribution in [0, 0.1) is 0 Å². The zero-order chi connectivity index (χ0) is 15.7. The average Bonchev–Trinajstić information content (AvgIpc) is 2.50. The van der Waals surface area contributed by atoms with Crippen LogP contribution in [0.2, 0.25) is 0 Å². The van der Waals surface area contributed by atoms with E-state index in [0.717, 1.165) is 12.8 Å². The van der Waals surface area contributed by atoms with Crippen LogP contribution in [-0.4, -0.2) is 35.6 Å². The van der Waals surface area contributed by atoms with Gasteiger partial charge in [0.05, 0.1) is 6.54 Å². The molecule has 5 heteroatoms. The standard InChI is InChI=1S/C16H24N2O3/c1-3-16(2,15(20)21)18-12-14(19)17-11-7-10-13-8-5-4-6-9-13/h4-6,8-9,18H,3,7,10-12H2,1-2H3,(H,17,19)(H,20,21). The molecule has 0 aliphatic carbocycles. The van der Waals surface area contributed by atoms with Crippen molar-refractivity contribution in [3.05, 3.63) is 35.9 Å². The van der Waals surface area contributed by atoms with Crippen LogP contribution in [0.25, 0.3) is 0 Å². The first-order valence-corrected chi connectivity index (χ1v) is 7.27. The van der Waals surface area contributed by atoms with Crippen molar-refractivity contribution >= 4 is 11.9 Å². The summed E-state index contributed by atoms with van der Waals surface area (Å²) < 4.78 is 0. The minimum atomic E-state index is -1.05. The van der Waals surface area contributed by atoms with Crippen LogP contribution in [-0.2, 0) is 16.0 Å². The quantitative estimate of drug-likeness (QED) is 0.604. The van der Waals surface area contributed by atoms with Crippen LogP contribution in [0.4, 0.5) is 0 Å². The molecule has 0 aromatic heterocycles. The first-order valence-electron chi connectivity index (χ1n) is 7.27. The molecule has 1 rings (SSSR count). The average molecular weight is 292 g/mol. The molecular formula is C16H24N2O3. The lowest BCUT2D eigenvalue weighted by atomic mass is 9.99. The minimum absolute atomic E-state index is 0.0159. The molecule has 0 bridgehead atoms. The molecule has 0 spiro atoms. The van der Waals surface area contributed by atoms with E-state index in [4.69, 9.17) is 5.11 Å². The van der Waals surface area contributed by atoms with E-state index < -0.39 is 11.5 Å². The summed E-state index contributed by atoms with van der Waals surface area (Å²) in [6.07, 6.45) is 2.19. The highest BCUT2D eigenvalue weighted by Crippen LogP contribution is 2.08. The van der Waals surface area contributed by atoms with Gasteiger partial charge in [0.15, 0.2) is 0 Å². The molecular weight excluding hydrogens is 268 g/mol. The third kappa shape index (κ3) is 5.95. The minimum Gasteiger partial charge on any atom is -0.480 e. The van der Waals surface area contributed by atoms with E-state index >= 15 is 0 Å². The normalized spacial score (nSPS) is 13.4. The number of aliphatic carboxylic acids is 1. The van der Waals surface area contributed by atoms with E-state index in [2.05, 4.69) is 22.8 Å². The molecule has 1 amide bonds. The molecule has 0 saturated carbocycles. The fourth-order valence-corrected chi connectivity index (χ4v) is 1.85. The summed E-state index contributed by atoms with van der Waals surface area (Å²) in [4.78, 5) is 22.8. The zero-order valence-corrected chi connectivity index (χ0v) is 12.7. The Morgan fingerprint density at radius 1 is 1.24 bits per heavy atom. The summed E-state index contributed by atoms with van der Waals surface area (Å²) in [7, 11) is 0. The van der Waals surface area contributed by atoms with Gasteiger partial charge in [-0.05, 0) is 31.7 Å². The monoisotopic (exact) mass is 292 g/mol. The molecule has 0 radical (unpaired) electrons. The van der Waals surface area contributed by atoms with Gasteiger partial charge in [0, 0.05) is 6.54 Å². The van der Waals surface area contributed by atoms with E-state index in [1.54, 1.807) is 13.8 Å². The summed E-state index contributed by atoms with van der Waals surface area (Å²) in [6, 6.07) is 10.1. The highest BCUT2D eigenvalue weighted by Gasteiger charge is 2.30. The molecule has 3 N–H and O–H groups in total. The van der Waals surface area contributed by atoms with Gasteiger partial charge in [-0.1, -0.05) is 37.3 Å². The second kappa shape index (κ2) is 8.42. The highest BCUT2D eigenvalue weighted by atomic mass is 16.4. The van der Waals surface area contributed by atoms with Crippen molar-refractivity contribution in [2.24, 2.45) is 0 Å². The number of rotatable bonds is 9. The Hall–Kier alpha value is -1.88. The van der Waals surface area contributed by atoms with Gasteiger partial charge < -0.3 is 10.4 Å². The summed E-state index contributed by atoms with van der Waals surface area (Å²) in [6.45, 7) is 3.96. The number of benzene rings is 1. The van der Waals surface area contributed by atoms with E-state index in [0.29, 0.717) is 13.0 Å². The molecule has 1 unspecified atom stereocenters. The van der Waals surface area contributed by atoms with E-state index in [1.807, 2.05) is 18.2 Å². The van der Waals surface area contributed by atoms with Gasteiger partial charge in [-0.25, -0.2) is 0 Å². The van der Waals surface area contributed by atoms with Gasteiger partial charge in [-0.15, -0.1) is 0 Å². The van der Waals surface area contributed by atoms with Crippen LogP contribution in [0.15, 0.2) is 30.3 Å². The Bertz CT molecular complexity index is 462. The number of nitrogens with one attached hydrogen (secondary N) is 2. The largest absolute Gasteiger partial charge is 0.480 e. The summed E-state index contributed by atoms with van der Waals surface area (Å²) >= 11 is 0. The number of carbonyl (C=O) groups excluding carboxylic acids is 1. The maximum absolute atomic E-state index is 11.7. The van der Waals surface area contributed by atoms with Gasteiger partial charge in [0.1, 0.15) is 5.54 Å². The Morgan fingerprint density at radius 3 is 2.48 bits per heavy atom. The second-order valence-electron chi connectivity index (χ2n) is 5.28. The van der Waals surface area contributed by atoms with Crippen LogP contribution in [0.3, 0.4) is 0 Å². The summed E-state index contributed by atoms with van der Waals surface area (Å²) in [5, 5.41) is 14.7. The number of hydrogen-bond donors (Lipinski definition) is 3. The number of aryl methyl sites for hydroxylation is 1. The van der Waals surface area contributed by atoms with Crippen LogP contribution in [0.1, 0.15) is 32.3 Å². The fourth-order valence-electron chi connectivity index (χ4n) is 1.85. The SMILES string of the molecule is CCC(C)(NCC(=O)NCCCc1ccccc1)C(=O)O. The van der Waals surface area contributed by atoms with Crippen LogP contribution >= 0.6 is 0 Å². The predicted molar refractivity (Wildman–Crippen MR) is 82.1 cm³/mol. The summed E-state index contributed by atoms with van der Waals surface area (Å²) in [5.74, 6) is -1.12. The van der Waals surface area contributed by atoms with E-state index in [-0.39, 0.29) is 12.5 Å². The van der Waals surface area contributed by atoms with Crippen molar-refractivity contribution in [1.29, 1.82) is 0 Å². The molecule has 0 aliphatic rings. The highest BCUT2D eigenvalue weighted by molar-refractivity contribution is 5.81. The predicted octanol–water partition coefficient (Wildman–Crippen LogP) is 1.58. The Balaban J connectivity index is 2.21. The molecule has 1 atom stereocenters. The first kappa shape index (κ1) is 17.2. The maximum Gasteiger partial charge on any atom is 0.323 e. The Kier molecular flexibility index (Phi) is 6.88. The number of carboxylic acid groups (broad SMARTS) is 1.